The monoisotopic (exact) mass is 342 g/mol. The second-order valence-corrected chi connectivity index (χ2v) is 6.15. The zero-order valence-corrected chi connectivity index (χ0v) is 13.7. The van der Waals surface area contributed by atoms with Gasteiger partial charge in [-0.15, -0.1) is 11.3 Å². The lowest BCUT2D eigenvalue weighted by Gasteiger charge is -2.04. The SMILES string of the molecule is Cc1csc([C@H](C#N)C(=O)c2ccn(-c3ccccc3Cl)n2)n1. The molecule has 1 atom stereocenters. The number of nitriles is 1. The van der Waals surface area contributed by atoms with Gasteiger partial charge in [0.25, 0.3) is 0 Å². The third-order valence-corrected chi connectivity index (χ3v) is 4.56. The van der Waals surface area contributed by atoms with Crippen LogP contribution in [0.5, 0.6) is 0 Å². The van der Waals surface area contributed by atoms with E-state index < -0.39 is 5.92 Å². The highest BCUT2D eigenvalue weighted by atomic mass is 35.5. The fourth-order valence-corrected chi connectivity index (χ4v) is 3.16. The molecule has 3 aromatic rings. The molecule has 0 fully saturated rings. The van der Waals surface area contributed by atoms with Crippen molar-refractivity contribution < 1.29 is 4.79 Å². The van der Waals surface area contributed by atoms with Crippen LogP contribution in [0.2, 0.25) is 5.02 Å². The van der Waals surface area contributed by atoms with Gasteiger partial charge in [-0.2, -0.15) is 10.4 Å². The standard InChI is InChI=1S/C16H11ClN4OS/c1-10-9-23-16(19-10)11(8-18)15(22)13-6-7-21(20-13)14-5-3-2-4-12(14)17/h2-7,9,11H,1H3/t11-/m1/s1. The Morgan fingerprint density at radius 3 is 2.83 bits per heavy atom. The summed E-state index contributed by atoms with van der Waals surface area (Å²) < 4.78 is 1.52. The maximum Gasteiger partial charge on any atom is 0.207 e. The Hall–Kier alpha value is -2.49. The molecule has 2 aromatic heterocycles. The molecule has 7 heteroatoms. The summed E-state index contributed by atoms with van der Waals surface area (Å²) in [5.41, 5.74) is 1.68. The summed E-state index contributed by atoms with van der Waals surface area (Å²) in [5.74, 6) is -1.31. The zero-order chi connectivity index (χ0) is 16.4. The first-order chi connectivity index (χ1) is 11.1. The molecule has 0 saturated heterocycles. The number of Topliss-reactive ketones (excluding diaryl/α,β-unsaturated/α-hetero) is 1. The summed E-state index contributed by atoms with van der Waals surface area (Å²) in [6.45, 7) is 1.82. The Balaban J connectivity index is 1.92. The number of para-hydroxylation sites is 1. The second-order valence-electron chi connectivity index (χ2n) is 4.85. The van der Waals surface area contributed by atoms with Crippen molar-refractivity contribution in [2.45, 2.75) is 12.8 Å². The number of rotatable bonds is 4. The molecular weight excluding hydrogens is 332 g/mol. The summed E-state index contributed by atoms with van der Waals surface area (Å²) in [6, 6.07) is 10.8. The van der Waals surface area contributed by atoms with Crippen LogP contribution in [0.3, 0.4) is 0 Å². The average molecular weight is 343 g/mol. The van der Waals surface area contributed by atoms with Gasteiger partial charge in [0.2, 0.25) is 5.78 Å². The molecule has 0 aliphatic rings. The normalized spacial score (nSPS) is 11.9. The molecule has 0 N–H and O–H groups in total. The van der Waals surface area contributed by atoms with Gasteiger partial charge in [-0.3, -0.25) is 4.79 Å². The summed E-state index contributed by atoms with van der Waals surface area (Å²) in [5, 5.41) is 16.4. The van der Waals surface area contributed by atoms with Crippen LogP contribution >= 0.6 is 22.9 Å². The molecule has 0 amide bonds. The summed E-state index contributed by atoms with van der Waals surface area (Å²) >= 11 is 7.43. The minimum atomic E-state index is -0.941. The average Bonchev–Trinajstić information content (AvgIpc) is 3.18. The highest BCUT2D eigenvalue weighted by Crippen LogP contribution is 2.24. The Morgan fingerprint density at radius 2 is 2.17 bits per heavy atom. The van der Waals surface area contributed by atoms with Crippen LogP contribution < -0.4 is 0 Å². The lowest BCUT2D eigenvalue weighted by Crippen LogP contribution is -2.12. The number of hydrogen-bond acceptors (Lipinski definition) is 5. The Morgan fingerprint density at radius 1 is 1.39 bits per heavy atom. The fourth-order valence-electron chi connectivity index (χ4n) is 2.11. The van der Waals surface area contributed by atoms with Crippen molar-refractivity contribution in [3.63, 3.8) is 0 Å². The number of aromatic nitrogens is 3. The van der Waals surface area contributed by atoms with E-state index in [1.165, 1.54) is 16.0 Å². The van der Waals surface area contributed by atoms with E-state index in [-0.39, 0.29) is 11.5 Å². The third-order valence-electron chi connectivity index (χ3n) is 3.22. The van der Waals surface area contributed by atoms with Crippen LogP contribution in [0.15, 0.2) is 41.9 Å². The first-order valence-electron chi connectivity index (χ1n) is 6.76. The van der Waals surface area contributed by atoms with Crippen LogP contribution in [0.1, 0.15) is 27.1 Å². The summed E-state index contributed by atoms with van der Waals surface area (Å²) in [7, 11) is 0. The highest BCUT2D eigenvalue weighted by molar-refractivity contribution is 7.10. The first-order valence-corrected chi connectivity index (χ1v) is 8.02. The second kappa shape index (κ2) is 6.32. The van der Waals surface area contributed by atoms with Gasteiger partial charge in [-0.1, -0.05) is 23.7 Å². The van der Waals surface area contributed by atoms with Gasteiger partial charge in [0, 0.05) is 17.3 Å². The van der Waals surface area contributed by atoms with E-state index in [0.29, 0.717) is 15.7 Å². The lowest BCUT2D eigenvalue weighted by molar-refractivity contribution is 0.0973. The molecule has 1 aromatic carbocycles. The largest absolute Gasteiger partial charge is 0.290 e. The van der Waals surface area contributed by atoms with Gasteiger partial charge in [0.15, 0.2) is 5.92 Å². The van der Waals surface area contributed by atoms with E-state index in [1.807, 2.05) is 30.5 Å². The van der Waals surface area contributed by atoms with Crippen LogP contribution in [0.25, 0.3) is 5.69 Å². The molecule has 0 aliphatic carbocycles. The number of thiazole rings is 1. The Bertz CT molecular complexity index is 909. The maximum absolute atomic E-state index is 12.6. The summed E-state index contributed by atoms with van der Waals surface area (Å²) in [6.07, 6.45) is 1.65. The van der Waals surface area contributed by atoms with Crippen molar-refractivity contribution >= 4 is 28.7 Å². The van der Waals surface area contributed by atoms with E-state index >= 15 is 0 Å². The number of carbonyl (C=O) groups is 1. The number of benzene rings is 1. The molecule has 23 heavy (non-hydrogen) atoms. The number of hydrogen-bond donors (Lipinski definition) is 0. The third kappa shape index (κ3) is 3.02. The number of ketones is 1. The molecule has 0 unspecified atom stereocenters. The van der Waals surface area contributed by atoms with Crippen molar-refractivity contribution in [2.75, 3.05) is 0 Å². The molecule has 3 rings (SSSR count). The van der Waals surface area contributed by atoms with Gasteiger partial charge >= 0.3 is 0 Å². The maximum atomic E-state index is 12.6. The van der Waals surface area contributed by atoms with Gasteiger partial charge in [-0.05, 0) is 25.1 Å². The number of halogens is 1. The first kappa shape index (κ1) is 15.4. The lowest BCUT2D eigenvalue weighted by atomic mass is 10.0. The Labute approximate surface area is 141 Å². The fraction of sp³-hybridized carbons (Fsp3) is 0.125. The molecule has 0 radical (unpaired) electrons. The van der Waals surface area contributed by atoms with Crippen LogP contribution in [0.4, 0.5) is 0 Å². The highest BCUT2D eigenvalue weighted by Gasteiger charge is 2.26. The molecule has 0 saturated carbocycles. The van der Waals surface area contributed by atoms with Crippen LogP contribution in [0, 0.1) is 18.3 Å². The van der Waals surface area contributed by atoms with E-state index in [1.54, 1.807) is 24.4 Å². The minimum Gasteiger partial charge on any atom is -0.290 e. The predicted octanol–water partition coefficient (Wildman–Crippen LogP) is 3.78. The number of carbonyl (C=O) groups excluding carboxylic acids is 1. The van der Waals surface area contributed by atoms with E-state index in [2.05, 4.69) is 10.1 Å². The molecule has 2 heterocycles. The zero-order valence-electron chi connectivity index (χ0n) is 12.1. The molecule has 5 nitrogen and oxygen atoms in total. The van der Waals surface area contributed by atoms with Gasteiger partial charge in [-0.25, -0.2) is 9.67 Å². The molecular formula is C16H11ClN4OS. The van der Waals surface area contributed by atoms with Crippen molar-refractivity contribution in [1.29, 1.82) is 5.26 Å². The minimum absolute atomic E-state index is 0.212. The molecule has 0 spiro atoms. The van der Waals surface area contributed by atoms with Crippen molar-refractivity contribution in [2.24, 2.45) is 0 Å². The van der Waals surface area contributed by atoms with Gasteiger partial charge in [0.1, 0.15) is 10.7 Å². The van der Waals surface area contributed by atoms with Gasteiger partial charge < -0.3 is 0 Å². The molecule has 114 valence electrons. The van der Waals surface area contributed by atoms with E-state index in [9.17, 15) is 10.1 Å². The quantitative estimate of drug-likeness (QED) is 0.676. The topological polar surface area (TPSA) is 71.6 Å². The predicted molar refractivity (Wildman–Crippen MR) is 88.1 cm³/mol. The van der Waals surface area contributed by atoms with Crippen molar-refractivity contribution in [3.05, 3.63) is 63.3 Å². The molecule has 0 aliphatic heterocycles. The smallest absolute Gasteiger partial charge is 0.207 e. The van der Waals surface area contributed by atoms with Crippen molar-refractivity contribution in [1.82, 2.24) is 14.8 Å². The van der Waals surface area contributed by atoms with Crippen LogP contribution in [-0.2, 0) is 0 Å². The number of aryl methyl sites for hydroxylation is 1. The van der Waals surface area contributed by atoms with E-state index in [4.69, 9.17) is 11.6 Å². The van der Waals surface area contributed by atoms with Gasteiger partial charge in [0.05, 0.1) is 16.8 Å². The van der Waals surface area contributed by atoms with E-state index in [0.717, 1.165) is 5.69 Å². The number of nitrogens with zero attached hydrogens (tertiary/aromatic N) is 4. The van der Waals surface area contributed by atoms with Crippen molar-refractivity contribution in [3.8, 4) is 11.8 Å². The summed E-state index contributed by atoms with van der Waals surface area (Å²) in [4.78, 5) is 16.8. The molecule has 0 bridgehead atoms. The Kier molecular flexibility index (Phi) is 4.24. The van der Waals surface area contributed by atoms with Crippen LogP contribution in [-0.4, -0.2) is 20.5 Å².